The van der Waals surface area contributed by atoms with Crippen molar-refractivity contribution in [2.24, 2.45) is 5.92 Å². The molecule has 0 spiro atoms. The summed E-state index contributed by atoms with van der Waals surface area (Å²) in [6, 6.07) is 3.24. The molecule has 2 aromatic rings. The van der Waals surface area contributed by atoms with E-state index in [4.69, 9.17) is 14.6 Å². The molecule has 192 valence electrons. The summed E-state index contributed by atoms with van der Waals surface area (Å²) in [6.07, 6.45) is -7.43. The maximum Gasteiger partial charge on any atom is 0.417 e. The van der Waals surface area contributed by atoms with Crippen molar-refractivity contribution in [2.75, 3.05) is 19.0 Å². The molecule has 2 heterocycles. The Labute approximate surface area is 197 Å². The van der Waals surface area contributed by atoms with E-state index in [2.05, 4.69) is 10.3 Å². The van der Waals surface area contributed by atoms with Gasteiger partial charge in [-0.3, -0.25) is 9.78 Å². The molecule has 1 aliphatic heterocycles. The van der Waals surface area contributed by atoms with E-state index in [9.17, 15) is 31.9 Å². The van der Waals surface area contributed by atoms with Crippen LogP contribution < -0.4 is 10.1 Å². The summed E-state index contributed by atoms with van der Waals surface area (Å²) in [4.78, 5) is 16.8. The predicted octanol–water partition coefficient (Wildman–Crippen LogP) is 3.78. The number of hydrogen-bond acceptors (Lipinski definition) is 6. The first-order valence-electron chi connectivity index (χ1n) is 10.6. The van der Waals surface area contributed by atoms with Crippen LogP contribution in [0.2, 0.25) is 0 Å². The smallest absolute Gasteiger partial charge is 0.417 e. The first-order valence-corrected chi connectivity index (χ1v) is 10.6. The molecule has 1 fully saturated rings. The molecule has 1 saturated heterocycles. The van der Waals surface area contributed by atoms with Gasteiger partial charge in [-0.25, -0.2) is 8.78 Å². The molecule has 0 aliphatic carbocycles. The molecule has 3 rings (SSSR count). The fourth-order valence-electron chi connectivity index (χ4n) is 4.28. The SMILES string of the molecule is COc1c([C@@H]2[C@@H](C(=O)Nc3cc([C@@H](O)CO)ncc3F)O[C@](C)(C(F)(F)F)[C@@H]2C)ccc(F)c1C. The average Bonchev–Trinajstić information content (AvgIpc) is 3.08. The van der Waals surface area contributed by atoms with Crippen LogP contribution in [0.4, 0.5) is 27.6 Å². The number of aliphatic hydroxyl groups is 2. The number of halogens is 5. The number of aliphatic hydroxyl groups excluding tert-OH is 2. The molecule has 1 amide bonds. The Hall–Kier alpha value is -2.83. The van der Waals surface area contributed by atoms with Gasteiger partial charge in [-0.15, -0.1) is 0 Å². The van der Waals surface area contributed by atoms with Crippen molar-refractivity contribution in [1.29, 1.82) is 0 Å². The van der Waals surface area contributed by atoms with Crippen molar-refractivity contribution in [1.82, 2.24) is 4.98 Å². The van der Waals surface area contributed by atoms with E-state index in [1.165, 1.54) is 27.0 Å². The second-order valence-electron chi connectivity index (χ2n) is 8.53. The molecule has 0 unspecified atom stereocenters. The van der Waals surface area contributed by atoms with E-state index >= 15 is 0 Å². The van der Waals surface area contributed by atoms with Crippen molar-refractivity contribution in [2.45, 2.75) is 50.7 Å². The third-order valence-corrected chi connectivity index (χ3v) is 6.51. The zero-order chi connectivity index (χ0) is 26.3. The fourth-order valence-corrected chi connectivity index (χ4v) is 4.28. The summed E-state index contributed by atoms with van der Waals surface area (Å²) in [7, 11) is 1.23. The summed E-state index contributed by atoms with van der Waals surface area (Å²) >= 11 is 0. The van der Waals surface area contributed by atoms with Crippen molar-refractivity contribution in [3.8, 4) is 5.75 Å². The molecule has 1 aliphatic rings. The Morgan fingerprint density at radius 2 is 1.97 bits per heavy atom. The molecule has 35 heavy (non-hydrogen) atoms. The van der Waals surface area contributed by atoms with Gasteiger partial charge in [0.2, 0.25) is 0 Å². The molecule has 7 nitrogen and oxygen atoms in total. The molecule has 0 saturated carbocycles. The van der Waals surface area contributed by atoms with Crippen molar-refractivity contribution in [3.63, 3.8) is 0 Å². The Balaban J connectivity index is 2.08. The highest BCUT2D eigenvalue weighted by Crippen LogP contribution is 2.55. The number of carbonyl (C=O) groups excluding carboxylic acids is 1. The maximum atomic E-state index is 14.3. The second kappa shape index (κ2) is 9.67. The first-order chi connectivity index (χ1) is 16.3. The van der Waals surface area contributed by atoms with E-state index in [0.717, 1.165) is 19.1 Å². The number of nitrogens with zero attached hydrogens (tertiary/aromatic N) is 1. The first kappa shape index (κ1) is 26.8. The van der Waals surface area contributed by atoms with Gasteiger partial charge in [-0.05, 0) is 26.0 Å². The van der Waals surface area contributed by atoms with Crippen LogP contribution >= 0.6 is 0 Å². The van der Waals surface area contributed by atoms with Gasteiger partial charge in [-0.2, -0.15) is 13.2 Å². The molecule has 3 N–H and O–H groups in total. The number of amides is 1. The summed E-state index contributed by atoms with van der Waals surface area (Å²) in [5.74, 6) is -5.38. The standard InChI is InChI=1S/C23H25F5N2O5/c1-10-13(24)6-5-12(19(10)34-4)18-11(2)22(3,23(26,27)28)35-20(18)21(33)30-15-7-16(17(32)9-31)29-8-14(15)25/h5-8,11,17-18,20,31-32H,9H2,1-4H3,(H,29,30,33)/t11-,17+,18-,20+,22+/m1/s1. The van der Waals surface area contributed by atoms with Crippen LogP contribution in [0, 0.1) is 24.5 Å². The summed E-state index contributed by atoms with van der Waals surface area (Å²) < 4.78 is 81.2. The lowest BCUT2D eigenvalue weighted by molar-refractivity contribution is -0.272. The van der Waals surface area contributed by atoms with Gasteiger partial charge in [0.1, 0.15) is 23.8 Å². The van der Waals surface area contributed by atoms with Gasteiger partial charge < -0.3 is 25.0 Å². The van der Waals surface area contributed by atoms with Crippen LogP contribution in [-0.2, 0) is 9.53 Å². The van der Waals surface area contributed by atoms with Crippen LogP contribution in [-0.4, -0.2) is 52.7 Å². The Morgan fingerprint density at radius 3 is 2.54 bits per heavy atom. The van der Waals surface area contributed by atoms with E-state index < -0.39 is 65.7 Å². The van der Waals surface area contributed by atoms with Crippen LogP contribution in [0.25, 0.3) is 0 Å². The lowest BCUT2D eigenvalue weighted by atomic mass is 9.76. The monoisotopic (exact) mass is 504 g/mol. The predicted molar refractivity (Wildman–Crippen MR) is 114 cm³/mol. The van der Waals surface area contributed by atoms with E-state index in [1.807, 2.05) is 0 Å². The zero-order valence-electron chi connectivity index (χ0n) is 19.3. The van der Waals surface area contributed by atoms with Crippen LogP contribution in [0.5, 0.6) is 5.75 Å². The number of aromatic nitrogens is 1. The minimum absolute atomic E-state index is 0.0295. The van der Waals surface area contributed by atoms with E-state index in [1.54, 1.807) is 0 Å². The van der Waals surface area contributed by atoms with Gasteiger partial charge in [-0.1, -0.05) is 13.0 Å². The topological polar surface area (TPSA) is 101 Å². The Bertz CT molecular complexity index is 1110. The number of alkyl halides is 3. The second-order valence-corrected chi connectivity index (χ2v) is 8.53. The number of nitrogens with one attached hydrogen (secondary N) is 1. The lowest BCUT2D eigenvalue weighted by Crippen LogP contribution is -2.47. The molecule has 0 bridgehead atoms. The maximum absolute atomic E-state index is 14.3. The molecular formula is C23H25F5N2O5. The Morgan fingerprint density at radius 1 is 1.31 bits per heavy atom. The third-order valence-electron chi connectivity index (χ3n) is 6.51. The van der Waals surface area contributed by atoms with Crippen molar-refractivity contribution in [3.05, 3.63) is 52.9 Å². The van der Waals surface area contributed by atoms with Crippen LogP contribution in [0.3, 0.4) is 0 Å². The molecule has 1 aromatic carbocycles. The number of carbonyl (C=O) groups is 1. The highest BCUT2D eigenvalue weighted by Gasteiger charge is 2.65. The number of methoxy groups -OCH3 is 1. The lowest BCUT2D eigenvalue weighted by Gasteiger charge is -2.32. The minimum atomic E-state index is -4.87. The quantitative estimate of drug-likeness (QED) is 0.518. The number of benzene rings is 1. The van der Waals surface area contributed by atoms with E-state index in [0.29, 0.717) is 6.20 Å². The molecule has 1 aromatic heterocycles. The number of hydrogen-bond donors (Lipinski definition) is 3. The molecule has 0 radical (unpaired) electrons. The van der Waals surface area contributed by atoms with Gasteiger partial charge in [0.05, 0.1) is 31.3 Å². The van der Waals surface area contributed by atoms with Crippen LogP contribution in [0.1, 0.15) is 42.7 Å². The molecule has 12 heteroatoms. The fraction of sp³-hybridized carbons (Fsp3) is 0.478. The number of rotatable bonds is 6. The summed E-state index contributed by atoms with van der Waals surface area (Å²) in [5, 5.41) is 21.0. The Kier molecular flexibility index (Phi) is 7.39. The number of ether oxygens (including phenoxy) is 2. The van der Waals surface area contributed by atoms with Gasteiger partial charge in [0.25, 0.3) is 5.91 Å². The number of anilines is 1. The molecule has 5 atom stereocenters. The highest BCUT2D eigenvalue weighted by atomic mass is 19.4. The van der Waals surface area contributed by atoms with Gasteiger partial charge >= 0.3 is 6.18 Å². The minimum Gasteiger partial charge on any atom is -0.496 e. The zero-order valence-corrected chi connectivity index (χ0v) is 19.3. The normalized spacial score (nSPS) is 25.4. The van der Waals surface area contributed by atoms with Crippen LogP contribution in [0.15, 0.2) is 24.4 Å². The summed E-state index contributed by atoms with van der Waals surface area (Å²) in [6.45, 7) is 2.72. The van der Waals surface area contributed by atoms with E-state index in [-0.39, 0.29) is 22.6 Å². The van der Waals surface area contributed by atoms with Crippen molar-refractivity contribution >= 4 is 11.6 Å². The van der Waals surface area contributed by atoms with Gasteiger partial charge in [0, 0.05) is 23.0 Å². The average molecular weight is 504 g/mol. The third kappa shape index (κ3) is 4.69. The van der Waals surface area contributed by atoms with Crippen molar-refractivity contribution < 1.29 is 46.4 Å². The summed E-state index contributed by atoms with van der Waals surface area (Å²) in [5.41, 5.74) is -3.25. The largest absolute Gasteiger partial charge is 0.496 e. The highest BCUT2D eigenvalue weighted by molar-refractivity contribution is 5.95. The van der Waals surface area contributed by atoms with Gasteiger partial charge in [0.15, 0.2) is 11.4 Å². The molecular weight excluding hydrogens is 479 g/mol. The number of pyridine rings is 1.